The molecule has 0 bridgehead atoms. The minimum atomic E-state index is -3.10. The summed E-state index contributed by atoms with van der Waals surface area (Å²) in [7, 11) is 1.06. The Bertz CT molecular complexity index is 307. The normalized spacial score (nSPS) is 13.7. The van der Waals surface area contributed by atoms with Gasteiger partial charge >= 0.3 is 12.1 Å². The van der Waals surface area contributed by atoms with Gasteiger partial charge in [-0.25, -0.2) is 18.4 Å². The highest BCUT2D eigenvalue weighted by Gasteiger charge is 2.33. The zero-order valence-corrected chi connectivity index (χ0v) is 11.2. The predicted molar refractivity (Wildman–Crippen MR) is 60.4 cm³/mol. The van der Waals surface area contributed by atoms with Gasteiger partial charge in [-0.1, -0.05) is 0 Å². The van der Waals surface area contributed by atoms with Crippen molar-refractivity contribution >= 4 is 12.1 Å². The minimum Gasteiger partial charge on any atom is -0.467 e. The summed E-state index contributed by atoms with van der Waals surface area (Å²) in [4.78, 5) is 22.7. The van der Waals surface area contributed by atoms with Crippen LogP contribution in [0.25, 0.3) is 0 Å². The van der Waals surface area contributed by atoms with Gasteiger partial charge in [0.2, 0.25) is 5.92 Å². The molecule has 0 aromatic heterocycles. The molecule has 0 aromatic rings. The van der Waals surface area contributed by atoms with Crippen LogP contribution in [0.1, 0.15) is 34.1 Å². The van der Waals surface area contributed by atoms with Crippen LogP contribution in [-0.2, 0) is 14.3 Å². The Labute approximate surface area is 105 Å². The van der Waals surface area contributed by atoms with Crippen LogP contribution in [0.2, 0.25) is 0 Å². The van der Waals surface area contributed by atoms with Crippen LogP contribution < -0.4 is 5.32 Å². The van der Waals surface area contributed by atoms with Crippen molar-refractivity contribution in [3.05, 3.63) is 0 Å². The third kappa shape index (κ3) is 7.81. The number of ether oxygens (including phenoxy) is 2. The van der Waals surface area contributed by atoms with E-state index in [1.807, 2.05) is 0 Å². The summed E-state index contributed by atoms with van der Waals surface area (Å²) in [5.74, 6) is -4.05. The number of hydrogen-bond donors (Lipinski definition) is 1. The number of esters is 1. The number of alkyl carbamates (subject to hydrolysis) is 1. The molecule has 0 aliphatic rings. The topological polar surface area (TPSA) is 64.6 Å². The molecule has 0 saturated heterocycles. The number of halogens is 2. The third-order valence-corrected chi connectivity index (χ3v) is 1.74. The second-order valence-electron chi connectivity index (χ2n) is 5.00. The number of nitrogens with one attached hydrogen (secondary N) is 1. The van der Waals surface area contributed by atoms with E-state index in [9.17, 15) is 18.4 Å². The van der Waals surface area contributed by atoms with Crippen molar-refractivity contribution in [3.8, 4) is 0 Å². The molecular formula is C11H19F2NO4. The lowest BCUT2D eigenvalue weighted by atomic mass is 10.1. The summed E-state index contributed by atoms with van der Waals surface area (Å²) in [6.45, 7) is 5.51. The molecule has 0 spiro atoms. The minimum absolute atomic E-state index is 0.652. The average molecular weight is 267 g/mol. The lowest BCUT2D eigenvalue weighted by molar-refractivity contribution is -0.145. The zero-order chi connectivity index (χ0) is 14.6. The molecule has 0 unspecified atom stereocenters. The molecule has 0 aliphatic carbocycles. The zero-order valence-electron chi connectivity index (χ0n) is 11.2. The van der Waals surface area contributed by atoms with E-state index in [0.717, 1.165) is 7.11 Å². The number of carbonyl (C=O) groups excluding carboxylic acids is 2. The lowest BCUT2D eigenvalue weighted by Gasteiger charge is -2.23. The van der Waals surface area contributed by atoms with Gasteiger partial charge in [0.25, 0.3) is 0 Å². The quantitative estimate of drug-likeness (QED) is 0.792. The van der Waals surface area contributed by atoms with E-state index in [1.54, 1.807) is 20.8 Å². The molecule has 0 heterocycles. The van der Waals surface area contributed by atoms with Crippen molar-refractivity contribution < 1.29 is 27.8 Å². The molecule has 1 atom stereocenters. The first-order chi connectivity index (χ1) is 7.94. The van der Waals surface area contributed by atoms with Gasteiger partial charge < -0.3 is 14.8 Å². The van der Waals surface area contributed by atoms with Gasteiger partial charge in [0, 0.05) is 6.42 Å². The van der Waals surface area contributed by atoms with Crippen molar-refractivity contribution in [1.82, 2.24) is 5.32 Å². The first-order valence-corrected chi connectivity index (χ1v) is 5.40. The Morgan fingerprint density at radius 1 is 1.22 bits per heavy atom. The highest BCUT2D eigenvalue weighted by molar-refractivity contribution is 5.81. The molecule has 0 saturated carbocycles. The molecule has 0 rings (SSSR count). The van der Waals surface area contributed by atoms with E-state index in [0.29, 0.717) is 6.92 Å². The van der Waals surface area contributed by atoms with E-state index >= 15 is 0 Å². The fourth-order valence-electron chi connectivity index (χ4n) is 1.14. The summed E-state index contributed by atoms with van der Waals surface area (Å²) in [5, 5.41) is 2.07. The number of amides is 1. The number of rotatable bonds is 4. The van der Waals surface area contributed by atoms with Crippen molar-refractivity contribution in [2.45, 2.75) is 51.7 Å². The van der Waals surface area contributed by atoms with Gasteiger partial charge in [-0.2, -0.15) is 0 Å². The maximum absolute atomic E-state index is 12.9. The summed E-state index contributed by atoms with van der Waals surface area (Å²) in [6, 6.07) is -1.44. The maximum atomic E-state index is 12.9. The standard InChI is InChI=1S/C11H19F2NO4/c1-10(2,3)18-9(16)14-7(8(15)17-5)6-11(4,12)13/h7H,6H2,1-5H3,(H,14,16)/t7-/m0/s1. The SMILES string of the molecule is COC(=O)[C@H](CC(C)(F)F)NC(=O)OC(C)(C)C. The van der Waals surface area contributed by atoms with Gasteiger partial charge in [0.1, 0.15) is 11.6 Å². The van der Waals surface area contributed by atoms with E-state index in [4.69, 9.17) is 4.74 Å². The van der Waals surface area contributed by atoms with Crippen LogP contribution in [0, 0.1) is 0 Å². The molecule has 5 nitrogen and oxygen atoms in total. The van der Waals surface area contributed by atoms with Gasteiger partial charge in [-0.3, -0.25) is 0 Å². The Hall–Kier alpha value is -1.40. The van der Waals surface area contributed by atoms with Crippen LogP contribution >= 0.6 is 0 Å². The monoisotopic (exact) mass is 267 g/mol. The van der Waals surface area contributed by atoms with E-state index in [1.165, 1.54) is 0 Å². The number of carbonyl (C=O) groups is 2. The largest absolute Gasteiger partial charge is 0.467 e. The van der Waals surface area contributed by atoms with Gasteiger partial charge in [0.15, 0.2) is 0 Å². The third-order valence-electron chi connectivity index (χ3n) is 1.74. The van der Waals surface area contributed by atoms with Crippen LogP contribution in [0.4, 0.5) is 13.6 Å². The van der Waals surface area contributed by atoms with Crippen molar-refractivity contribution in [1.29, 1.82) is 0 Å². The number of alkyl halides is 2. The molecular weight excluding hydrogens is 248 g/mol. The molecule has 1 N–H and O–H groups in total. The van der Waals surface area contributed by atoms with Crippen LogP contribution in [0.5, 0.6) is 0 Å². The van der Waals surface area contributed by atoms with Crippen LogP contribution in [0.15, 0.2) is 0 Å². The first kappa shape index (κ1) is 16.6. The van der Waals surface area contributed by atoms with Crippen molar-refractivity contribution in [3.63, 3.8) is 0 Å². The second-order valence-corrected chi connectivity index (χ2v) is 5.00. The highest BCUT2D eigenvalue weighted by atomic mass is 19.3. The van der Waals surface area contributed by atoms with Crippen molar-refractivity contribution in [2.75, 3.05) is 7.11 Å². The molecule has 0 aromatic carbocycles. The first-order valence-electron chi connectivity index (χ1n) is 5.40. The molecule has 7 heteroatoms. The Kier molecular flexibility index (Phi) is 5.51. The van der Waals surface area contributed by atoms with Crippen LogP contribution in [0.3, 0.4) is 0 Å². The molecule has 0 aliphatic heterocycles. The summed E-state index contributed by atoms with van der Waals surface area (Å²) < 4.78 is 34.9. The molecule has 18 heavy (non-hydrogen) atoms. The van der Waals surface area contributed by atoms with Gasteiger partial charge in [0.05, 0.1) is 7.11 Å². The average Bonchev–Trinajstić information content (AvgIpc) is 2.10. The van der Waals surface area contributed by atoms with Crippen molar-refractivity contribution in [2.24, 2.45) is 0 Å². The maximum Gasteiger partial charge on any atom is 0.408 e. The smallest absolute Gasteiger partial charge is 0.408 e. The van der Waals surface area contributed by atoms with E-state index in [2.05, 4.69) is 10.1 Å². The fraction of sp³-hybridized carbons (Fsp3) is 0.818. The summed E-state index contributed by atoms with van der Waals surface area (Å²) in [6.07, 6.45) is -1.79. The van der Waals surface area contributed by atoms with E-state index in [-0.39, 0.29) is 0 Å². The molecule has 1 amide bonds. The lowest BCUT2D eigenvalue weighted by Crippen LogP contribution is -2.46. The highest BCUT2D eigenvalue weighted by Crippen LogP contribution is 2.20. The number of hydrogen-bond acceptors (Lipinski definition) is 4. The fourth-order valence-corrected chi connectivity index (χ4v) is 1.14. The van der Waals surface area contributed by atoms with Gasteiger partial charge in [-0.05, 0) is 27.7 Å². The van der Waals surface area contributed by atoms with E-state index < -0.39 is 36.0 Å². The Morgan fingerprint density at radius 3 is 2.06 bits per heavy atom. The Balaban J connectivity index is 4.61. The van der Waals surface area contributed by atoms with Crippen LogP contribution in [-0.4, -0.2) is 36.7 Å². The molecule has 0 fully saturated rings. The summed E-state index contributed by atoms with van der Waals surface area (Å²) in [5.41, 5.74) is -0.778. The predicted octanol–water partition coefficient (Wildman–Crippen LogP) is 2.10. The summed E-state index contributed by atoms with van der Waals surface area (Å²) >= 11 is 0. The molecule has 0 radical (unpaired) electrons. The number of methoxy groups -OCH3 is 1. The second kappa shape index (κ2) is 5.97. The Morgan fingerprint density at radius 2 is 1.72 bits per heavy atom. The van der Waals surface area contributed by atoms with Gasteiger partial charge in [-0.15, -0.1) is 0 Å². The molecule has 106 valence electrons.